The van der Waals surface area contributed by atoms with Gasteiger partial charge in [-0.25, -0.2) is 9.37 Å². The van der Waals surface area contributed by atoms with Crippen LogP contribution < -0.4 is 5.32 Å². The average Bonchev–Trinajstić information content (AvgIpc) is 3.27. The van der Waals surface area contributed by atoms with Crippen molar-refractivity contribution in [1.82, 2.24) is 19.6 Å². The number of pyridine rings is 1. The first-order valence-corrected chi connectivity index (χ1v) is 11.2. The summed E-state index contributed by atoms with van der Waals surface area (Å²) in [6.45, 7) is 4.71. The summed E-state index contributed by atoms with van der Waals surface area (Å²) in [5.41, 5.74) is 1.38. The number of nitrogens with zero attached hydrogens (tertiary/aromatic N) is 3. The molecule has 1 saturated heterocycles. The van der Waals surface area contributed by atoms with Gasteiger partial charge in [0, 0.05) is 30.4 Å². The Balaban J connectivity index is 0.000000323. The summed E-state index contributed by atoms with van der Waals surface area (Å²) in [5, 5.41) is 13.2. The fourth-order valence-corrected chi connectivity index (χ4v) is 3.81. The second-order valence-electron chi connectivity index (χ2n) is 8.34. The van der Waals surface area contributed by atoms with E-state index in [-0.39, 0.29) is 29.6 Å². The van der Waals surface area contributed by atoms with Gasteiger partial charge in [0.05, 0.1) is 23.6 Å². The van der Waals surface area contributed by atoms with Crippen molar-refractivity contribution >= 4 is 28.9 Å². The van der Waals surface area contributed by atoms with E-state index in [9.17, 15) is 19.1 Å². The minimum absolute atomic E-state index is 0.0607. The monoisotopic (exact) mass is 474 g/mol. The fraction of sp³-hybridized carbons (Fsp3) is 0.375. The highest BCUT2D eigenvalue weighted by Crippen LogP contribution is 2.18. The summed E-state index contributed by atoms with van der Waals surface area (Å²) in [6, 6.07) is 9.30. The minimum Gasteiger partial charge on any atom is -0.383 e. The smallest absolute Gasteiger partial charge is 0.256 e. The fourth-order valence-electron chi connectivity index (χ4n) is 3.63. The van der Waals surface area contributed by atoms with Crippen molar-refractivity contribution in [2.75, 3.05) is 13.1 Å². The number of fused-ring (bicyclic) bond motifs is 1. The SMILES string of the molecule is CC(C)C(O)C(=O)NC1CCCN(C(=O)c2cccn3cncc23)C1.Fc1cccc(Cl)c1. The van der Waals surface area contributed by atoms with E-state index in [4.69, 9.17) is 11.6 Å². The number of carbonyl (C=O) groups excluding carboxylic acids is 2. The molecule has 0 aliphatic carbocycles. The summed E-state index contributed by atoms with van der Waals surface area (Å²) in [5.74, 6) is -0.861. The number of benzene rings is 1. The number of nitrogens with one attached hydrogen (secondary N) is 1. The molecule has 2 atom stereocenters. The van der Waals surface area contributed by atoms with E-state index in [0.717, 1.165) is 18.4 Å². The second-order valence-corrected chi connectivity index (χ2v) is 8.77. The van der Waals surface area contributed by atoms with Crippen LogP contribution in [0.5, 0.6) is 0 Å². The van der Waals surface area contributed by atoms with Crippen molar-refractivity contribution < 1.29 is 19.1 Å². The zero-order chi connectivity index (χ0) is 24.0. The molecule has 7 nitrogen and oxygen atoms in total. The number of carbonyl (C=O) groups is 2. The van der Waals surface area contributed by atoms with E-state index in [1.165, 1.54) is 12.1 Å². The standard InChI is InChI=1S/C18H24N4O3.C6H4ClF/c1-12(2)16(23)17(24)20-13-5-3-7-21(10-13)18(25)14-6-4-8-22-11-19-9-15(14)22;7-5-2-1-3-6(8)4-5/h4,6,8-9,11-13,16,23H,3,5,7,10H2,1-2H3,(H,20,24);1-4H. The van der Waals surface area contributed by atoms with Gasteiger partial charge >= 0.3 is 0 Å². The number of rotatable bonds is 4. The molecule has 2 N–H and O–H groups in total. The summed E-state index contributed by atoms with van der Waals surface area (Å²) in [7, 11) is 0. The van der Waals surface area contributed by atoms with Crippen LogP contribution in [0.15, 0.2) is 55.1 Å². The van der Waals surface area contributed by atoms with Crippen molar-refractivity contribution in [3.8, 4) is 0 Å². The molecule has 0 saturated carbocycles. The van der Waals surface area contributed by atoms with Crippen LogP contribution in [0.1, 0.15) is 37.0 Å². The zero-order valence-corrected chi connectivity index (χ0v) is 19.4. The van der Waals surface area contributed by atoms with Crippen LogP contribution in [0.4, 0.5) is 4.39 Å². The van der Waals surface area contributed by atoms with E-state index in [1.807, 2.05) is 16.7 Å². The number of hydrogen-bond donors (Lipinski definition) is 2. The normalized spacial score (nSPS) is 16.8. The number of hydrogen-bond acceptors (Lipinski definition) is 4. The van der Waals surface area contributed by atoms with E-state index in [0.29, 0.717) is 23.7 Å². The predicted octanol–water partition coefficient (Wildman–Crippen LogP) is 3.55. The molecule has 176 valence electrons. The molecule has 2 aromatic heterocycles. The second kappa shape index (κ2) is 11.2. The molecule has 33 heavy (non-hydrogen) atoms. The van der Waals surface area contributed by atoms with Crippen LogP contribution in [0.25, 0.3) is 5.52 Å². The molecule has 2 unspecified atom stereocenters. The largest absolute Gasteiger partial charge is 0.383 e. The number of amides is 2. The molecular formula is C24H28ClFN4O3. The van der Waals surface area contributed by atoms with Crippen molar-refractivity contribution in [1.29, 1.82) is 0 Å². The number of halogens is 2. The van der Waals surface area contributed by atoms with E-state index in [2.05, 4.69) is 10.3 Å². The topological polar surface area (TPSA) is 86.9 Å². The third kappa shape index (κ3) is 6.52. The van der Waals surface area contributed by atoms with Gasteiger partial charge in [-0.3, -0.25) is 9.59 Å². The number of piperidine rings is 1. The lowest BCUT2D eigenvalue weighted by atomic mass is 10.0. The molecule has 9 heteroatoms. The number of likely N-dealkylation sites (tertiary alicyclic amines) is 1. The molecule has 0 radical (unpaired) electrons. The van der Waals surface area contributed by atoms with Crippen LogP contribution in [0, 0.1) is 11.7 Å². The van der Waals surface area contributed by atoms with Gasteiger partial charge in [-0.15, -0.1) is 0 Å². The van der Waals surface area contributed by atoms with Crippen LogP contribution in [0.3, 0.4) is 0 Å². The molecule has 0 bridgehead atoms. The molecule has 1 aliphatic heterocycles. The van der Waals surface area contributed by atoms with Crippen LogP contribution in [-0.4, -0.2) is 56.4 Å². The van der Waals surface area contributed by atoms with Gasteiger partial charge in [-0.1, -0.05) is 31.5 Å². The minimum atomic E-state index is -1.02. The highest BCUT2D eigenvalue weighted by atomic mass is 35.5. The Morgan fingerprint density at radius 2 is 2.06 bits per heavy atom. The molecule has 1 fully saturated rings. The van der Waals surface area contributed by atoms with Gasteiger partial charge in [-0.05, 0) is 49.1 Å². The van der Waals surface area contributed by atoms with Crippen LogP contribution in [-0.2, 0) is 4.79 Å². The number of imidazole rings is 1. The van der Waals surface area contributed by atoms with E-state index in [1.54, 1.807) is 49.5 Å². The Labute approximate surface area is 197 Å². The molecule has 4 rings (SSSR count). The van der Waals surface area contributed by atoms with Crippen LogP contribution in [0.2, 0.25) is 5.02 Å². The maximum absolute atomic E-state index is 12.9. The van der Waals surface area contributed by atoms with Gasteiger partial charge < -0.3 is 19.7 Å². The molecule has 1 aliphatic rings. The van der Waals surface area contributed by atoms with Gasteiger partial charge in [0.15, 0.2) is 0 Å². The maximum atomic E-state index is 12.9. The van der Waals surface area contributed by atoms with Crippen molar-refractivity contribution in [3.05, 3.63) is 71.5 Å². The third-order valence-electron chi connectivity index (χ3n) is 5.42. The van der Waals surface area contributed by atoms with Gasteiger partial charge in [0.1, 0.15) is 11.9 Å². The van der Waals surface area contributed by atoms with E-state index >= 15 is 0 Å². The van der Waals surface area contributed by atoms with Gasteiger partial charge in [-0.2, -0.15) is 0 Å². The van der Waals surface area contributed by atoms with Crippen molar-refractivity contribution in [2.24, 2.45) is 5.92 Å². The lowest BCUT2D eigenvalue weighted by Gasteiger charge is -2.34. The number of aliphatic hydroxyl groups excluding tert-OH is 1. The van der Waals surface area contributed by atoms with Crippen molar-refractivity contribution in [2.45, 2.75) is 38.8 Å². The quantitative estimate of drug-likeness (QED) is 0.605. The Bertz CT molecular complexity index is 1090. The Morgan fingerprint density at radius 3 is 2.73 bits per heavy atom. The highest BCUT2D eigenvalue weighted by molar-refractivity contribution is 6.30. The zero-order valence-electron chi connectivity index (χ0n) is 18.6. The first-order valence-electron chi connectivity index (χ1n) is 10.9. The van der Waals surface area contributed by atoms with Crippen molar-refractivity contribution in [3.63, 3.8) is 0 Å². The Morgan fingerprint density at radius 1 is 1.27 bits per heavy atom. The molecule has 1 aromatic carbocycles. The average molecular weight is 475 g/mol. The lowest BCUT2D eigenvalue weighted by molar-refractivity contribution is -0.132. The first kappa shape index (κ1) is 24.7. The highest BCUT2D eigenvalue weighted by Gasteiger charge is 2.28. The Kier molecular flexibility index (Phi) is 8.41. The lowest BCUT2D eigenvalue weighted by Crippen LogP contribution is -2.52. The third-order valence-corrected chi connectivity index (χ3v) is 5.66. The van der Waals surface area contributed by atoms with Gasteiger partial charge in [0.25, 0.3) is 5.91 Å². The molecule has 2 amide bonds. The summed E-state index contributed by atoms with van der Waals surface area (Å²) in [4.78, 5) is 30.8. The maximum Gasteiger partial charge on any atom is 0.256 e. The predicted molar refractivity (Wildman–Crippen MR) is 125 cm³/mol. The molecule has 0 spiro atoms. The first-order chi connectivity index (χ1) is 15.8. The summed E-state index contributed by atoms with van der Waals surface area (Å²) in [6.07, 6.45) is 5.79. The molecular weight excluding hydrogens is 447 g/mol. The van der Waals surface area contributed by atoms with Crippen LogP contribution >= 0.6 is 11.6 Å². The number of aromatic nitrogens is 2. The van der Waals surface area contributed by atoms with Gasteiger partial charge in [0.2, 0.25) is 5.91 Å². The summed E-state index contributed by atoms with van der Waals surface area (Å²) >= 11 is 5.40. The molecule has 3 heterocycles. The summed E-state index contributed by atoms with van der Waals surface area (Å²) < 4.78 is 13.9. The number of aliphatic hydroxyl groups is 1. The van der Waals surface area contributed by atoms with E-state index < -0.39 is 6.10 Å². The molecule has 3 aromatic rings. The Hall–Kier alpha value is -2.97.